The minimum Gasteiger partial charge on any atom is -0.298 e. The van der Waals surface area contributed by atoms with Crippen LogP contribution in [0.4, 0.5) is 0 Å². The van der Waals surface area contributed by atoms with Crippen LogP contribution in [-0.2, 0) is 0 Å². The van der Waals surface area contributed by atoms with Gasteiger partial charge in [0.1, 0.15) is 6.29 Å². The number of hydrogen-bond acceptors (Lipinski definition) is 1. The Hall–Kier alpha value is -1.20. The average Bonchev–Trinajstić information content (AvgIpc) is 2.14. The van der Waals surface area contributed by atoms with Crippen molar-refractivity contribution >= 4 is 16.3 Å². The highest BCUT2D eigenvalue weighted by Crippen LogP contribution is 2.32. The van der Waals surface area contributed by atoms with Crippen molar-refractivity contribution in [2.24, 2.45) is 0 Å². The fourth-order valence-corrected chi connectivity index (χ4v) is 1.28. The molecule has 1 nitrogen and oxygen atoms in total. The minimum atomic E-state index is -0.769. The Labute approximate surface area is 86.8 Å². The fraction of sp³-hybridized carbons (Fsp3) is 0.250. The Morgan fingerprint density at radius 1 is 1.14 bits per heavy atom. The first-order chi connectivity index (χ1) is 6.51. The summed E-state index contributed by atoms with van der Waals surface area (Å²) in [4.78, 5) is 10.4. The second kappa shape index (κ2) is 4.34. The number of hydrogen-bond donors (Lipinski definition) is 0. The first-order valence-corrected chi connectivity index (χ1v) is 7.13. The molecular formula is C12H14OS. The first-order valence-electron chi connectivity index (χ1n) is 4.27. The largest absolute Gasteiger partial charge is 0.298 e. The van der Waals surface area contributed by atoms with Crippen LogP contribution >= 0.6 is 10.0 Å². The third-order valence-electron chi connectivity index (χ3n) is 1.55. The molecule has 2 heteroatoms. The molecule has 74 valence electrons. The van der Waals surface area contributed by atoms with Crippen LogP contribution in [0.1, 0.15) is 15.9 Å². The van der Waals surface area contributed by atoms with Crippen molar-refractivity contribution in [1.29, 1.82) is 0 Å². The Balaban J connectivity index is 2.87. The SMILES string of the molecule is CS(C)(C)C#Cc1ccc(C=O)cc1. The Bertz CT molecular complexity index is 374. The van der Waals surface area contributed by atoms with Crippen LogP contribution in [0.3, 0.4) is 0 Å². The van der Waals surface area contributed by atoms with Crippen LogP contribution in [0.2, 0.25) is 0 Å². The lowest BCUT2D eigenvalue weighted by atomic mass is 10.2. The summed E-state index contributed by atoms with van der Waals surface area (Å²) >= 11 is 0. The predicted octanol–water partition coefficient (Wildman–Crippen LogP) is 2.50. The summed E-state index contributed by atoms with van der Waals surface area (Å²) in [5.41, 5.74) is 1.66. The molecule has 1 aromatic rings. The van der Waals surface area contributed by atoms with Gasteiger partial charge in [-0.25, -0.2) is 0 Å². The highest BCUT2D eigenvalue weighted by molar-refractivity contribution is 8.35. The van der Waals surface area contributed by atoms with Crippen molar-refractivity contribution in [2.45, 2.75) is 0 Å². The summed E-state index contributed by atoms with van der Waals surface area (Å²) in [7, 11) is -0.769. The van der Waals surface area contributed by atoms with Gasteiger partial charge in [0.05, 0.1) is 0 Å². The maximum atomic E-state index is 10.4. The van der Waals surface area contributed by atoms with Crippen LogP contribution in [0, 0.1) is 11.2 Å². The molecule has 0 aliphatic carbocycles. The van der Waals surface area contributed by atoms with E-state index in [1.807, 2.05) is 12.1 Å². The summed E-state index contributed by atoms with van der Waals surface area (Å²) in [6, 6.07) is 7.33. The molecule has 0 unspecified atom stereocenters. The molecule has 0 aliphatic rings. The summed E-state index contributed by atoms with van der Waals surface area (Å²) in [6.07, 6.45) is 7.30. The molecule has 0 heterocycles. The van der Waals surface area contributed by atoms with Gasteiger partial charge in [-0.2, -0.15) is 10.0 Å². The van der Waals surface area contributed by atoms with Crippen molar-refractivity contribution in [3.8, 4) is 11.2 Å². The lowest BCUT2D eigenvalue weighted by Gasteiger charge is -2.14. The molecule has 0 N–H and O–H groups in total. The first kappa shape index (κ1) is 10.9. The average molecular weight is 206 g/mol. The van der Waals surface area contributed by atoms with Gasteiger partial charge in [0.2, 0.25) is 0 Å². The van der Waals surface area contributed by atoms with E-state index in [1.165, 1.54) is 0 Å². The highest BCUT2D eigenvalue weighted by Gasteiger charge is 1.96. The molecule has 14 heavy (non-hydrogen) atoms. The topological polar surface area (TPSA) is 17.1 Å². The lowest BCUT2D eigenvalue weighted by molar-refractivity contribution is 0.112. The van der Waals surface area contributed by atoms with E-state index in [9.17, 15) is 4.79 Å². The van der Waals surface area contributed by atoms with E-state index < -0.39 is 10.0 Å². The molecule has 0 spiro atoms. The third kappa shape index (κ3) is 3.68. The van der Waals surface area contributed by atoms with Gasteiger partial charge in [-0.3, -0.25) is 4.79 Å². The third-order valence-corrected chi connectivity index (χ3v) is 2.26. The predicted molar refractivity (Wildman–Crippen MR) is 64.1 cm³/mol. The summed E-state index contributed by atoms with van der Waals surface area (Å²) in [5, 5.41) is 3.22. The molecule has 0 bridgehead atoms. The second-order valence-electron chi connectivity index (χ2n) is 3.80. The lowest BCUT2D eigenvalue weighted by Crippen LogP contribution is -1.85. The van der Waals surface area contributed by atoms with E-state index in [4.69, 9.17) is 0 Å². The van der Waals surface area contributed by atoms with Gasteiger partial charge in [-0.15, -0.1) is 0 Å². The van der Waals surface area contributed by atoms with Crippen molar-refractivity contribution in [1.82, 2.24) is 0 Å². The van der Waals surface area contributed by atoms with E-state index in [0.29, 0.717) is 5.56 Å². The minimum absolute atomic E-state index is 0.693. The van der Waals surface area contributed by atoms with Gasteiger partial charge in [0.15, 0.2) is 0 Å². The van der Waals surface area contributed by atoms with Crippen LogP contribution in [0.5, 0.6) is 0 Å². The van der Waals surface area contributed by atoms with E-state index in [2.05, 4.69) is 29.9 Å². The zero-order valence-electron chi connectivity index (χ0n) is 8.70. The van der Waals surface area contributed by atoms with Gasteiger partial charge in [-0.1, -0.05) is 18.1 Å². The van der Waals surface area contributed by atoms with Gasteiger partial charge < -0.3 is 0 Å². The Morgan fingerprint density at radius 2 is 1.71 bits per heavy atom. The van der Waals surface area contributed by atoms with Gasteiger partial charge in [0, 0.05) is 11.1 Å². The molecule has 0 aliphatic heterocycles. The normalized spacial score (nSPS) is 11.4. The molecule has 0 atom stereocenters. The smallest absolute Gasteiger partial charge is 0.150 e. The molecule has 0 aromatic heterocycles. The summed E-state index contributed by atoms with van der Waals surface area (Å²) < 4.78 is 0. The standard InChI is InChI=1S/C12H14OS/c1-14(2,3)9-8-11-4-6-12(10-13)7-5-11/h4-7,10H,1-3H3. The fourth-order valence-electron chi connectivity index (χ4n) is 0.857. The van der Waals surface area contributed by atoms with E-state index >= 15 is 0 Å². The number of aldehydes is 1. The maximum Gasteiger partial charge on any atom is 0.150 e. The molecule has 1 rings (SSSR count). The van der Waals surface area contributed by atoms with Gasteiger partial charge >= 0.3 is 0 Å². The maximum absolute atomic E-state index is 10.4. The van der Waals surface area contributed by atoms with Crippen molar-refractivity contribution < 1.29 is 4.79 Å². The van der Waals surface area contributed by atoms with Crippen molar-refractivity contribution in [3.63, 3.8) is 0 Å². The molecule has 0 saturated heterocycles. The summed E-state index contributed by atoms with van der Waals surface area (Å²) in [5.74, 6) is 3.11. The Kier molecular flexibility index (Phi) is 3.38. The number of carbonyl (C=O) groups excluding carboxylic acids is 1. The zero-order valence-corrected chi connectivity index (χ0v) is 9.52. The quantitative estimate of drug-likeness (QED) is 0.509. The number of rotatable bonds is 1. The van der Waals surface area contributed by atoms with E-state index in [0.717, 1.165) is 11.8 Å². The molecule has 0 saturated carbocycles. The van der Waals surface area contributed by atoms with Crippen LogP contribution in [-0.4, -0.2) is 25.1 Å². The van der Waals surface area contributed by atoms with Crippen molar-refractivity contribution in [3.05, 3.63) is 35.4 Å². The zero-order chi connectivity index (χ0) is 10.6. The molecule has 0 amide bonds. The molecule has 0 radical (unpaired) electrons. The summed E-state index contributed by atoms with van der Waals surface area (Å²) in [6.45, 7) is 0. The van der Waals surface area contributed by atoms with Crippen LogP contribution in [0.15, 0.2) is 24.3 Å². The molecule has 1 aromatic carbocycles. The van der Waals surface area contributed by atoms with Gasteiger partial charge in [0.25, 0.3) is 0 Å². The van der Waals surface area contributed by atoms with Crippen LogP contribution < -0.4 is 0 Å². The van der Waals surface area contributed by atoms with E-state index in [1.54, 1.807) is 12.1 Å². The Morgan fingerprint density at radius 3 is 2.14 bits per heavy atom. The number of benzene rings is 1. The number of carbonyl (C=O) groups is 1. The highest BCUT2D eigenvalue weighted by atomic mass is 32.3. The molecule has 0 fully saturated rings. The van der Waals surface area contributed by atoms with Crippen LogP contribution in [0.25, 0.3) is 0 Å². The van der Waals surface area contributed by atoms with Gasteiger partial charge in [-0.05, 0) is 36.2 Å². The monoisotopic (exact) mass is 206 g/mol. The molecular weight excluding hydrogens is 192 g/mol. The second-order valence-corrected chi connectivity index (χ2v) is 7.68. The van der Waals surface area contributed by atoms with Crippen molar-refractivity contribution in [2.75, 3.05) is 18.8 Å². The van der Waals surface area contributed by atoms with E-state index in [-0.39, 0.29) is 0 Å².